The summed E-state index contributed by atoms with van der Waals surface area (Å²) < 4.78 is 5.34. The van der Waals surface area contributed by atoms with Gasteiger partial charge in [0.05, 0.1) is 11.6 Å². The summed E-state index contributed by atoms with van der Waals surface area (Å²) in [5.74, 6) is 0.435. The summed E-state index contributed by atoms with van der Waals surface area (Å²) in [6.45, 7) is 5.60. The SMILES string of the molecule is CC(C)N(C)CCNC(=O)COc1ccc(C#N)cc1. The van der Waals surface area contributed by atoms with Crippen molar-refractivity contribution in [3.63, 3.8) is 0 Å². The van der Waals surface area contributed by atoms with Crippen molar-refractivity contribution in [2.24, 2.45) is 0 Å². The number of nitriles is 1. The summed E-state index contributed by atoms with van der Waals surface area (Å²) >= 11 is 0. The van der Waals surface area contributed by atoms with Crippen molar-refractivity contribution < 1.29 is 9.53 Å². The second-order valence-electron chi connectivity index (χ2n) is 4.85. The Kier molecular flexibility index (Phi) is 6.54. The number of carbonyl (C=O) groups is 1. The number of likely N-dealkylation sites (N-methyl/N-ethyl adjacent to an activating group) is 1. The molecule has 0 spiro atoms. The third-order valence-electron chi connectivity index (χ3n) is 3.02. The Labute approximate surface area is 120 Å². The Morgan fingerprint density at radius 1 is 1.40 bits per heavy atom. The lowest BCUT2D eigenvalue weighted by Crippen LogP contribution is -2.37. The molecule has 0 atom stereocenters. The van der Waals surface area contributed by atoms with E-state index in [2.05, 4.69) is 24.1 Å². The van der Waals surface area contributed by atoms with E-state index in [-0.39, 0.29) is 12.5 Å². The van der Waals surface area contributed by atoms with Gasteiger partial charge in [-0.1, -0.05) is 0 Å². The summed E-state index contributed by atoms with van der Waals surface area (Å²) in [7, 11) is 2.02. The highest BCUT2D eigenvalue weighted by Gasteiger charge is 2.05. The highest BCUT2D eigenvalue weighted by atomic mass is 16.5. The van der Waals surface area contributed by atoms with Crippen molar-refractivity contribution in [3.8, 4) is 11.8 Å². The number of carbonyl (C=O) groups excluding carboxylic acids is 1. The average Bonchev–Trinajstić information content (AvgIpc) is 2.45. The lowest BCUT2D eigenvalue weighted by atomic mass is 10.2. The quantitative estimate of drug-likeness (QED) is 0.816. The number of rotatable bonds is 7. The maximum atomic E-state index is 11.6. The normalized spacial score (nSPS) is 10.4. The predicted molar refractivity (Wildman–Crippen MR) is 77.4 cm³/mol. The summed E-state index contributed by atoms with van der Waals surface area (Å²) in [5, 5.41) is 11.5. The van der Waals surface area contributed by atoms with Crippen molar-refractivity contribution in [3.05, 3.63) is 29.8 Å². The van der Waals surface area contributed by atoms with E-state index >= 15 is 0 Å². The lowest BCUT2D eigenvalue weighted by molar-refractivity contribution is -0.123. The van der Waals surface area contributed by atoms with Crippen LogP contribution in [0, 0.1) is 11.3 Å². The van der Waals surface area contributed by atoms with Gasteiger partial charge in [-0.2, -0.15) is 5.26 Å². The number of nitrogens with one attached hydrogen (secondary N) is 1. The fraction of sp³-hybridized carbons (Fsp3) is 0.467. The van der Waals surface area contributed by atoms with E-state index in [1.807, 2.05) is 13.1 Å². The molecule has 108 valence electrons. The number of amides is 1. The molecule has 0 unspecified atom stereocenters. The van der Waals surface area contributed by atoms with E-state index in [9.17, 15) is 4.79 Å². The summed E-state index contributed by atoms with van der Waals surface area (Å²) in [4.78, 5) is 13.7. The van der Waals surface area contributed by atoms with Gasteiger partial charge in [0, 0.05) is 19.1 Å². The number of ether oxygens (including phenoxy) is 1. The Bertz CT molecular complexity index is 463. The van der Waals surface area contributed by atoms with Crippen molar-refractivity contribution in [1.82, 2.24) is 10.2 Å². The molecular weight excluding hydrogens is 254 g/mol. The highest BCUT2D eigenvalue weighted by molar-refractivity contribution is 5.77. The third kappa shape index (κ3) is 5.72. The average molecular weight is 275 g/mol. The maximum Gasteiger partial charge on any atom is 0.257 e. The topological polar surface area (TPSA) is 65.4 Å². The number of nitrogens with zero attached hydrogens (tertiary/aromatic N) is 2. The van der Waals surface area contributed by atoms with E-state index in [0.717, 1.165) is 6.54 Å². The molecule has 0 aliphatic rings. The van der Waals surface area contributed by atoms with E-state index < -0.39 is 0 Å². The first-order valence-electron chi connectivity index (χ1n) is 6.63. The molecule has 1 N–H and O–H groups in total. The molecule has 1 aromatic rings. The van der Waals surface area contributed by atoms with Gasteiger partial charge in [-0.25, -0.2) is 0 Å². The molecule has 0 aromatic heterocycles. The van der Waals surface area contributed by atoms with Crippen LogP contribution in [0.25, 0.3) is 0 Å². The van der Waals surface area contributed by atoms with Crippen molar-refractivity contribution >= 4 is 5.91 Å². The summed E-state index contributed by atoms with van der Waals surface area (Å²) in [6, 6.07) is 9.16. The number of hydrogen-bond acceptors (Lipinski definition) is 4. The van der Waals surface area contributed by atoms with Crippen LogP contribution in [-0.4, -0.2) is 43.6 Å². The molecular formula is C15H21N3O2. The second-order valence-corrected chi connectivity index (χ2v) is 4.85. The first kappa shape index (κ1) is 16.0. The van der Waals surface area contributed by atoms with Gasteiger partial charge in [0.15, 0.2) is 6.61 Å². The molecule has 0 bridgehead atoms. The monoisotopic (exact) mass is 275 g/mol. The van der Waals surface area contributed by atoms with E-state index in [1.165, 1.54) is 0 Å². The van der Waals surface area contributed by atoms with Crippen molar-refractivity contribution in [1.29, 1.82) is 5.26 Å². The van der Waals surface area contributed by atoms with Gasteiger partial charge in [-0.3, -0.25) is 4.79 Å². The fourth-order valence-electron chi connectivity index (χ4n) is 1.46. The first-order chi connectivity index (χ1) is 9.52. The van der Waals surface area contributed by atoms with Gasteiger partial charge in [-0.05, 0) is 45.2 Å². The molecule has 1 amide bonds. The Morgan fingerprint density at radius 3 is 2.60 bits per heavy atom. The highest BCUT2D eigenvalue weighted by Crippen LogP contribution is 2.11. The van der Waals surface area contributed by atoms with Crippen LogP contribution in [0.15, 0.2) is 24.3 Å². The van der Waals surface area contributed by atoms with E-state index in [4.69, 9.17) is 10.00 Å². The molecule has 0 fully saturated rings. The van der Waals surface area contributed by atoms with Crippen LogP contribution < -0.4 is 10.1 Å². The fourth-order valence-corrected chi connectivity index (χ4v) is 1.46. The molecule has 0 saturated heterocycles. The standard InChI is InChI=1S/C15H21N3O2/c1-12(2)18(3)9-8-17-15(19)11-20-14-6-4-13(10-16)5-7-14/h4-7,12H,8-9,11H2,1-3H3,(H,17,19). The summed E-state index contributed by atoms with van der Waals surface area (Å²) in [6.07, 6.45) is 0. The largest absolute Gasteiger partial charge is 0.484 e. The minimum absolute atomic E-state index is 0.0166. The molecule has 0 aliphatic carbocycles. The molecule has 1 rings (SSSR count). The van der Waals surface area contributed by atoms with Crippen LogP contribution in [-0.2, 0) is 4.79 Å². The zero-order chi connectivity index (χ0) is 15.0. The summed E-state index contributed by atoms with van der Waals surface area (Å²) in [5.41, 5.74) is 0.568. The zero-order valence-corrected chi connectivity index (χ0v) is 12.2. The number of hydrogen-bond donors (Lipinski definition) is 1. The molecule has 20 heavy (non-hydrogen) atoms. The smallest absolute Gasteiger partial charge is 0.257 e. The van der Waals surface area contributed by atoms with Crippen LogP contribution in [0.4, 0.5) is 0 Å². The first-order valence-corrected chi connectivity index (χ1v) is 6.63. The zero-order valence-electron chi connectivity index (χ0n) is 12.2. The minimum atomic E-state index is -0.147. The Hall–Kier alpha value is -2.06. The van der Waals surface area contributed by atoms with E-state index in [1.54, 1.807) is 24.3 Å². The molecule has 0 saturated carbocycles. The predicted octanol–water partition coefficient (Wildman–Crippen LogP) is 1.39. The van der Waals surface area contributed by atoms with Gasteiger partial charge >= 0.3 is 0 Å². The minimum Gasteiger partial charge on any atom is -0.484 e. The van der Waals surface area contributed by atoms with Gasteiger partial charge in [0.2, 0.25) is 0 Å². The molecule has 5 nitrogen and oxygen atoms in total. The van der Waals surface area contributed by atoms with Crippen LogP contribution in [0.3, 0.4) is 0 Å². The van der Waals surface area contributed by atoms with Gasteiger partial charge in [0.1, 0.15) is 5.75 Å². The van der Waals surface area contributed by atoms with Crippen LogP contribution in [0.5, 0.6) is 5.75 Å². The molecule has 0 aliphatic heterocycles. The molecule has 0 radical (unpaired) electrons. The molecule has 5 heteroatoms. The molecule has 1 aromatic carbocycles. The Morgan fingerprint density at radius 2 is 2.05 bits per heavy atom. The van der Waals surface area contributed by atoms with Gasteiger partial charge in [-0.15, -0.1) is 0 Å². The van der Waals surface area contributed by atoms with Gasteiger partial charge in [0.25, 0.3) is 5.91 Å². The van der Waals surface area contributed by atoms with Crippen LogP contribution in [0.2, 0.25) is 0 Å². The Balaban J connectivity index is 2.24. The van der Waals surface area contributed by atoms with Crippen molar-refractivity contribution in [2.75, 3.05) is 26.7 Å². The van der Waals surface area contributed by atoms with E-state index in [0.29, 0.717) is 23.9 Å². The van der Waals surface area contributed by atoms with Crippen molar-refractivity contribution in [2.45, 2.75) is 19.9 Å². The van der Waals surface area contributed by atoms with Gasteiger partial charge < -0.3 is 15.0 Å². The molecule has 0 heterocycles. The second kappa shape index (κ2) is 8.18. The van der Waals surface area contributed by atoms with Crippen LogP contribution >= 0.6 is 0 Å². The third-order valence-corrected chi connectivity index (χ3v) is 3.02. The maximum absolute atomic E-state index is 11.6. The van der Waals surface area contributed by atoms with Crippen LogP contribution in [0.1, 0.15) is 19.4 Å². The lowest BCUT2D eigenvalue weighted by Gasteiger charge is -2.20. The number of benzene rings is 1.